The van der Waals surface area contributed by atoms with Crippen LogP contribution >= 0.6 is 0 Å². The number of nitrogens with one attached hydrogen (secondary N) is 2. The summed E-state index contributed by atoms with van der Waals surface area (Å²) >= 11 is 0. The molecule has 2 rings (SSSR count). The molecule has 6 nitrogen and oxygen atoms in total. The van der Waals surface area contributed by atoms with Crippen molar-refractivity contribution in [2.75, 3.05) is 53.5 Å². The summed E-state index contributed by atoms with van der Waals surface area (Å²) in [6.07, 6.45) is 4.74. The normalized spacial score (nSPS) is 16.1. The predicted octanol–water partition coefficient (Wildman–Crippen LogP) is 2.92. The second-order valence-electron chi connectivity index (χ2n) is 7.36. The van der Waals surface area contributed by atoms with Crippen LogP contribution in [-0.2, 0) is 6.42 Å². The Labute approximate surface area is 170 Å². The van der Waals surface area contributed by atoms with Gasteiger partial charge in [0, 0.05) is 20.1 Å². The minimum Gasteiger partial charge on any atom is -0.490 e. The summed E-state index contributed by atoms with van der Waals surface area (Å²) in [7, 11) is 4.04. The van der Waals surface area contributed by atoms with Crippen LogP contribution in [0, 0.1) is 5.92 Å². The summed E-state index contributed by atoms with van der Waals surface area (Å²) in [4.78, 5) is 6.76. The molecule has 6 heteroatoms. The minimum absolute atomic E-state index is 0.635. The smallest absolute Gasteiger partial charge is 0.190 e. The van der Waals surface area contributed by atoms with Crippen molar-refractivity contribution in [2.24, 2.45) is 10.9 Å². The molecule has 1 aromatic rings. The van der Waals surface area contributed by atoms with E-state index in [4.69, 9.17) is 9.47 Å². The Hall–Kier alpha value is -1.95. The van der Waals surface area contributed by atoms with Crippen LogP contribution in [0.2, 0.25) is 0 Å². The van der Waals surface area contributed by atoms with Gasteiger partial charge in [0.25, 0.3) is 0 Å². The third-order valence-electron chi connectivity index (χ3n) is 5.22. The first-order valence-corrected chi connectivity index (χ1v) is 10.7. The van der Waals surface area contributed by atoms with E-state index in [1.54, 1.807) is 0 Å². The zero-order valence-corrected chi connectivity index (χ0v) is 18.1. The average Bonchev–Trinajstić information content (AvgIpc) is 2.70. The van der Waals surface area contributed by atoms with Crippen LogP contribution in [0.4, 0.5) is 0 Å². The van der Waals surface area contributed by atoms with Gasteiger partial charge in [0.2, 0.25) is 0 Å². The average molecular weight is 391 g/mol. The first-order chi connectivity index (χ1) is 13.7. The van der Waals surface area contributed by atoms with Gasteiger partial charge in [0.15, 0.2) is 17.5 Å². The topological polar surface area (TPSA) is 58.1 Å². The van der Waals surface area contributed by atoms with Gasteiger partial charge in [-0.2, -0.15) is 0 Å². The summed E-state index contributed by atoms with van der Waals surface area (Å²) in [6, 6.07) is 6.18. The molecule has 1 aliphatic heterocycles. The van der Waals surface area contributed by atoms with Crippen molar-refractivity contribution in [2.45, 2.75) is 39.5 Å². The molecular formula is C22H38N4O2. The second-order valence-corrected chi connectivity index (χ2v) is 7.36. The number of nitrogens with zero attached hydrogens (tertiary/aromatic N) is 2. The van der Waals surface area contributed by atoms with Gasteiger partial charge >= 0.3 is 0 Å². The molecule has 158 valence electrons. The number of rotatable bonds is 10. The van der Waals surface area contributed by atoms with Crippen LogP contribution in [0.5, 0.6) is 11.5 Å². The Morgan fingerprint density at radius 1 is 1.07 bits per heavy atom. The molecule has 1 aliphatic rings. The van der Waals surface area contributed by atoms with E-state index in [0.717, 1.165) is 42.9 Å². The molecule has 0 spiro atoms. The first-order valence-electron chi connectivity index (χ1n) is 10.7. The molecule has 1 heterocycles. The summed E-state index contributed by atoms with van der Waals surface area (Å²) in [5.41, 5.74) is 1.22. The van der Waals surface area contributed by atoms with Gasteiger partial charge in [0.1, 0.15) is 0 Å². The Balaban J connectivity index is 1.72. The molecule has 28 heavy (non-hydrogen) atoms. The summed E-state index contributed by atoms with van der Waals surface area (Å²) in [6.45, 7) is 9.51. The van der Waals surface area contributed by atoms with Crippen molar-refractivity contribution in [1.29, 1.82) is 0 Å². The highest BCUT2D eigenvalue weighted by Gasteiger charge is 2.16. The van der Waals surface area contributed by atoms with Crippen molar-refractivity contribution in [3.8, 4) is 11.5 Å². The number of hydrogen-bond donors (Lipinski definition) is 2. The zero-order valence-electron chi connectivity index (χ0n) is 18.1. The first kappa shape index (κ1) is 22.3. The number of ether oxygens (including phenoxy) is 2. The van der Waals surface area contributed by atoms with E-state index in [9.17, 15) is 0 Å². The van der Waals surface area contributed by atoms with Gasteiger partial charge in [-0.05, 0) is 83.3 Å². The van der Waals surface area contributed by atoms with Gasteiger partial charge in [-0.25, -0.2) is 0 Å². The standard InChI is InChI=1S/C22H38N4O2/c1-5-27-20-8-7-19(17-21(20)28-6-2)10-14-25-22(23-3)24-13-9-18-11-15-26(4)16-12-18/h7-8,17-18H,5-6,9-16H2,1-4H3,(H2,23,24,25). The molecular weight excluding hydrogens is 352 g/mol. The molecule has 0 radical (unpaired) electrons. The monoisotopic (exact) mass is 390 g/mol. The molecule has 1 aromatic carbocycles. The summed E-state index contributed by atoms with van der Waals surface area (Å²) < 4.78 is 11.3. The van der Waals surface area contributed by atoms with E-state index < -0.39 is 0 Å². The highest BCUT2D eigenvalue weighted by atomic mass is 16.5. The highest BCUT2D eigenvalue weighted by molar-refractivity contribution is 5.79. The maximum atomic E-state index is 5.71. The van der Waals surface area contributed by atoms with Crippen LogP contribution in [0.15, 0.2) is 23.2 Å². The van der Waals surface area contributed by atoms with Crippen LogP contribution in [0.25, 0.3) is 0 Å². The Kier molecular flexibility index (Phi) is 9.97. The van der Waals surface area contributed by atoms with E-state index in [0.29, 0.717) is 13.2 Å². The maximum Gasteiger partial charge on any atom is 0.190 e. The fourth-order valence-electron chi connectivity index (χ4n) is 3.54. The van der Waals surface area contributed by atoms with Crippen molar-refractivity contribution < 1.29 is 9.47 Å². The van der Waals surface area contributed by atoms with Gasteiger partial charge < -0.3 is 25.0 Å². The quantitative estimate of drug-likeness (QED) is 0.475. The van der Waals surface area contributed by atoms with Crippen LogP contribution in [0.1, 0.15) is 38.7 Å². The Morgan fingerprint density at radius 2 is 1.75 bits per heavy atom. The molecule has 0 bridgehead atoms. The lowest BCUT2D eigenvalue weighted by Gasteiger charge is -2.29. The SMILES string of the molecule is CCOc1ccc(CCNC(=NC)NCCC2CCN(C)CC2)cc1OCC. The number of piperidine rings is 1. The van der Waals surface area contributed by atoms with Crippen molar-refractivity contribution in [3.63, 3.8) is 0 Å². The number of guanidine groups is 1. The van der Waals surface area contributed by atoms with Crippen molar-refractivity contribution in [3.05, 3.63) is 23.8 Å². The largest absolute Gasteiger partial charge is 0.490 e. The lowest BCUT2D eigenvalue weighted by atomic mass is 9.94. The minimum atomic E-state index is 0.635. The molecule has 0 aliphatic carbocycles. The van der Waals surface area contributed by atoms with Gasteiger partial charge in [-0.15, -0.1) is 0 Å². The second kappa shape index (κ2) is 12.5. The third kappa shape index (κ3) is 7.58. The molecule has 2 N–H and O–H groups in total. The molecule has 0 amide bonds. The number of benzene rings is 1. The maximum absolute atomic E-state index is 5.71. The summed E-state index contributed by atoms with van der Waals surface area (Å²) in [5.74, 6) is 3.35. The van der Waals surface area contributed by atoms with E-state index in [1.807, 2.05) is 27.0 Å². The lowest BCUT2D eigenvalue weighted by Crippen LogP contribution is -2.39. The molecule has 0 atom stereocenters. The molecule has 1 saturated heterocycles. The van der Waals surface area contributed by atoms with E-state index >= 15 is 0 Å². The van der Waals surface area contributed by atoms with E-state index in [2.05, 4.69) is 39.7 Å². The van der Waals surface area contributed by atoms with Crippen LogP contribution < -0.4 is 20.1 Å². The third-order valence-corrected chi connectivity index (χ3v) is 5.22. The van der Waals surface area contributed by atoms with Gasteiger partial charge in [-0.1, -0.05) is 6.07 Å². The fraction of sp³-hybridized carbons (Fsp3) is 0.682. The fourth-order valence-corrected chi connectivity index (χ4v) is 3.54. The highest BCUT2D eigenvalue weighted by Crippen LogP contribution is 2.28. The molecule has 0 aromatic heterocycles. The molecule has 1 fully saturated rings. The number of hydrogen-bond acceptors (Lipinski definition) is 4. The molecule has 0 unspecified atom stereocenters. The summed E-state index contributed by atoms with van der Waals surface area (Å²) in [5, 5.41) is 6.86. The van der Waals surface area contributed by atoms with Gasteiger partial charge in [-0.3, -0.25) is 4.99 Å². The van der Waals surface area contributed by atoms with E-state index in [-0.39, 0.29) is 0 Å². The van der Waals surface area contributed by atoms with Crippen molar-refractivity contribution >= 4 is 5.96 Å². The molecule has 0 saturated carbocycles. The van der Waals surface area contributed by atoms with Crippen LogP contribution in [-0.4, -0.2) is 64.3 Å². The van der Waals surface area contributed by atoms with Crippen molar-refractivity contribution in [1.82, 2.24) is 15.5 Å². The van der Waals surface area contributed by atoms with Crippen LogP contribution in [0.3, 0.4) is 0 Å². The predicted molar refractivity (Wildman–Crippen MR) is 117 cm³/mol. The number of aliphatic imine (C=N–C) groups is 1. The van der Waals surface area contributed by atoms with E-state index in [1.165, 1.54) is 37.9 Å². The lowest BCUT2D eigenvalue weighted by molar-refractivity contribution is 0.213. The van der Waals surface area contributed by atoms with Gasteiger partial charge in [0.05, 0.1) is 13.2 Å². The zero-order chi connectivity index (χ0) is 20.2. The Morgan fingerprint density at radius 3 is 2.43 bits per heavy atom. The number of likely N-dealkylation sites (tertiary alicyclic amines) is 1. The Bertz CT molecular complexity index is 598.